The van der Waals surface area contributed by atoms with Crippen molar-refractivity contribution in [2.24, 2.45) is 0 Å². The molecule has 112 valence electrons. The Morgan fingerprint density at radius 2 is 2.10 bits per heavy atom. The van der Waals surface area contributed by atoms with Crippen LogP contribution in [0.5, 0.6) is 5.75 Å². The standard InChI is InChI=1S/C12H17BrN2O4S/c1-4-14-12(16)8(2)15-20(17,18)11-7-9(13)5-6-10(11)19-3/h5-8,15H,4H2,1-3H3,(H,14,16)/t8-/m0/s1. The van der Waals surface area contributed by atoms with Gasteiger partial charge in [0.2, 0.25) is 15.9 Å². The summed E-state index contributed by atoms with van der Waals surface area (Å²) in [4.78, 5) is 11.6. The quantitative estimate of drug-likeness (QED) is 0.795. The van der Waals surface area contributed by atoms with Crippen molar-refractivity contribution in [1.29, 1.82) is 0 Å². The molecule has 1 atom stereocenters. The summed E-state index contributed by atoms with van der Waals surface area (Å²) in [5.74, 6) is -0.172. The topological polar surface area (TPSA) is 84.5 Å². The Bertz CT molecular complexity index is 589. The zero-order chi connectivity index (χ0) is 15.3. The van der Waals surface area contributed by atoms with Crippen LogP contribution in [0.1, 0.15) is 13.8 Å². The molecule has 1 rings (SSSR count). The van der Waals surface area contributed by atoms with Crippen LogP contribution < -0.4 is 14.8 Å². The van der Waals surface area contributed by atoms with Gasteiger partial charge in [0.05, 0.1) is 13.2 Å². The van der Waals surface area contributed by atoms with Crippen LogP contribution in [0.25, 0.3) is 0 Å². The maximum Gasteiger partial charge on any atom is 0.245 e. The molecule has 0 aliphatic rings. The van der Waals surface area contributed by atoms with E-state index in [2.05, 4.69) is 26.0 Å². The number of hydrogen-bond donors (Lipinski definition) is 2. The molecule has 0 bridgehead atoms. The van der Waals surface area contributed by atoms with Gasteiger partial charge in [0.1, 0.15) is 10.6 Å². The first-order valence-electron chi connectivity index (χ1n) is 5.95. The Morgan fingerprint density at radius 3 is 2.65 bits per heavy atom. The lowest BCUT2D eigenvalue weighted by atomic mass is 10.3. The largest absolute Gasteiger partial charge is 0.495 e. The third-order valence-electron chi connectivity index (χ3n) is 2.49. The van der Waals surface area contributed by atoms with Gasteiger partial charge in [0, 0.05) is 11.0 Å². The predicted octanol–water partition coefficient (Wildman–Crippen LogP) is 1.26. The first-order chi connectivity index (χ1) is 9.31. The lowest BCUT2D eigenvalue weighted by molar-refractivity contribution is -0.122. The van der Waals surface area contributed by atoms with Crippen molar-refractivity contribution in [2.75, 3.05) is 13.7 Å². The highest BCUT2D eigenvalue weighted by molar-refractivity contribution is 9.10. The predicted molar refractivity (Wildman–Crippen MR) is 79.2 cm³/mol. The number of carbonyl (C=O) groups excluding carboxylic acids is 1. The van der Waals surface area contributed by atoms with Crippen molar-refractivity contribution < 1.29 is 17.9 Å². The molecular weight excluding hydrogens is 348 g/mol. The van der Waals surface area contributed by atoms with Crippen LogP contribution >= 0.6 is 15.9 Å². The Morgan fingerprint density at radius 1 is 1.45 bits per heavy atom. The molecule has 1 amide bonds. The Kier molecular flexibility index (Phi) is 5.97. The van der Waals surface area contributed by atoms with E-state index >= 15 is 0 Å². The summed E-state index contributed by atoms with van der Waals surface area (Å²) in [7, 11) is -2.47. The van der Waals surface area contributed by atoms with Crippen molar-refractivity contribution >= 4 is 31.9 Å². The van der Waals surface area contributed by atoms with Gasteiger partial charge in [0.15, 0.2) is 0 Å². The second-order valence-electron chi connectivity index (χ2n) is 4.03. The van der Waals surface area contributed by atoms with Crippen molar-refractivity contribution in [3.05, 3.63) is 22.7 Å². The van der Waals surface area contributed by atoms with Gasteiger partial charge in [-0.2, -0.15) is 4.72 Å². The number of hydrogen-bond acceptors (Lipinski definition) is 4. The number of halogens is 1. The van der Waals surface area contributed by atoms with Crippen LogP contribution in [-0.4, -0.2) is 34.0 Å². The number of carbonyl (C=O) groups is 1. The van der Waals surface area contributed by atoms with Gasteiger partial charge in [-0.05, 0) is 32.0 Å². The third kappa shape index (κ3) is 4.19. The van der Waals surface area contributed by atoms with Crippen molar-refractivity contribution in [3.63, 3.8) is 0 Å². The van der Waals surface area contributed by atoms with E-state index in [9.17, 15) is 13.2 Å². The highest BCUT2D eigenvalue weighted by Gasteiger charge is 2.24. The molecular formula is C12H17BrN2O4S. The van der Waals surface area contributed by atoms with E-state index in [1.807, 2.05) is 0 Å². The summed E-state index contributed by atoms with van der Waals surface area (Å²) in [6.45, 7) is 3.68. The zero-order valence-electron chi connectivity index (χ0n) is 11.4. The Hall–Kier alpha value is -1.12. The fourth-order valence-electron chi connectivity index (χ4n) is 1.54. The van der Waals surface area contributed by atoms with Crippen LogP contribution in [0.3, 0.4) is 0 Å². The average molecular weight is 365 g/mol. The molecule has 0 aliphatic heterocycles. The molecule has 0 spiro atoms. The molecule has 0 fully saturated rings. The minimum absolute atomic E-state index is 0.0227. The number of ether oxygens (including phenoxy) is 1. The molecule has 0 radical (unpaired) electrons. The van der Waals surface area contributed by atoms with Crippen LogP contribution in [0.2, 0.25) is 0 Å². The normalized spacial score (nSPS) is 12.8. The lowest BCUT2D eigenvalue weighted by Gasteiger charge is -2.15. The van der Waals surface area contributed by atoms with Crippen LogP contribution in [0.4, 0.5) is 0 Å². The first-order valence-corrected chi connectivity index (χ1v) is 8.23. The van der Waals surface area contributed by atoms with E-state index < -0.39 is 16.1 Å². The molecule has 0 aliphatic carbocycles. The molecule has 0 saturated heterocycles. The maximum absolute atomic E-state index is 12.3. The monoisotopic (exact) mass is 364 g/mol. The fraction of sp³-hybridized carbons (Fsp3) is 0.417. The average Bonchev–Trinajstić information content (AvgIpc) is 2.38. The number of likely N-dealkylation sites (N-methyl/N-ethyl adjacent to an activating group) is 1. The van der Waals surface area contributed by atoms with Gasteiger partial charge in [-0.15, -0.1) is 0 Å². The summed E-state index contributed by atoms with van der Waals surface area (Å²) in [5.41, 5.74) is 0. The third-order valence-corrected chi connectivity index (χ3v) is 4.55. The lowest BCUT2D eigenvalue weighted by Crippen LogP contribution is -2.44. The summed E-state index contributed by atoms with van der Waals surface area (Å²) in [6.07, 6.45) is 0. The van der Waals surface area contributed by atoms with E-state index in [0.29, 0.717) is 11.0 Å². The molecule has 1 aromatic carbocycles. The number of nitrogens with one attached hydrogen (secondary N) is 2. The second kappa shape index (κ2) is 7.05. The molecule has 2 N–H and O–H groups in total. The number of rotatable bonds is 6. The summed E-state index contributed by atoms with van der Waals surface area (Å²) < 4.78 is 32.5. The number of benzene rings is 1. The smallest absolute Gasteiger partial charge is 0.245 e. The molecule has 8 heteroatoms. The molecule has 1 aromatic rings. The van der Waals surface area contributed by atoms with Gasteiger partial charge < -0.3 is 10.1 Å². The van der Waals surface area contributed by atoms with E-state index in [1.54, 1.807) is 13.0 Å². The van der Waals surface area contributed by atoms with Crippen LogP contribution in [-0.2, 0) is 14.8 Å². The first kappa shape index (κ1) is 16.9. The molecule has 6 nitrogen and oxygen atoms in total. The van der Waals surface area contributed by atoms with Gasteiger partial charge >= 0.3 is 0 Å². The fourth-order valence-corrected chi connectivity index (χ4v) is 3.45. The minimum Gasteiger partial charge on any atom is -0.495 e. The number of amides is 1. The van der Waals surface area contributed by atoms with Crippen LogP contribution in [0, 0.1) is 0 Å². The van der Waals surface area contributed by atoms with E-state index in [1.165, 1.54) is 26.2 Å². The maximum atomic E-state index is 12.3. The zero-order valence-corrected chi connectivity index (χ0v) is 13.8. The Labute approximate surface area is 127 Å². The molecule has 0 heterocycles. The van der Waals surface area contributed by atoms with Gasteiger partial charge in [-0.1, -0.05) is 15.9 Å². The van der Waals surface area contributed by atoms with E-state index in [-0.39, 0.29) is 16.6 Å². The SMILES string of the molecule is CCNC(=O)[C@H](C)NS(=O)(=O)c1cc(Br)ccc1OC. The summed E-state index contributed by atoms with van der Waals surface area (Å²) in [5, 5.41) is 2.55. The highest BCUT2D eigenvalue weighted by Crippen LogP contribution is 2.27. The number of sulfonamides is 1. The van der Waals surface area contributed by atoms with Crippen molar-refractivity contribution in [2.45, 2.75) is 24.8 Å². The Balaban J connectivity index is 3.05. The van der Waals surface area contributed by atoms with Gasteiger partial charge in [-0.25, -0.2) is 8.42 Å². The van der Waals surface area contributed by atoms with Crippen LogP contribution in [0.15, 0.2) is 27.6 Å². The molecule has 0 saturated carbocycles. The highest BCUT2D eigenvalue weighted by atomic mass is 79.9. The van der Waals surface area contributed by atoms with Crippen molar-refractivity contribution in [3.8, 4) is 5.75 Å². The summed E-state index contributed by atoms with van der Waals surface area (Å²) >= 11 is 3.21. The molecule has 20 heavy (non-hydrogen) atoms. The minimum atomic E-state index is -3.85. The van der Waals surface area contributed by atoms with Gasteiger partial charge in [0.25, 0.3) is 0 Å². The van der Waals surface area contributed by atoms with E-state index in [4.69, 9.17) is 4.74 Å². The summed E-state index contributed by atoms with van der Waals surface area (Å²) in [6, 6.07) is 3.76. The second-order valence-corrected chi connectivity index (χ2v) is 6.63. The van der Waals surface area contributed by atoms with Crippen molar-refractivity contribution in [1.82, 2.24) is 10.0 Å². The number of methoxy groups -OCH3 is 1. The molecule has 0 unspecified atom stereocenters. The van der Waals surface area contributed by atoms with E-state index in [0.717, 1.165) is 0 Å². The molecule has 0 aromatic heterocycles. The van der Waals surface area contributed by atoms with Gasteiger partial charge in [-0.3, -0.25) is 4.79 Å².